The molecule has 1 unspecified atom stereocenters. The fraction of sp³-hybridized carbons (Fsp3) is 0.824. The van der Waals surface area contributed by atoms with E-state index in [0.717, 1.165) is 24.6 Å². The summed E-state index contributed by atoms with van der Waals surface area (Å²) >= 11 is 3.71. The van der Waals surface area contributed by atoms with Crippen molar-refractivity contribution in [3.05, 3.63) is 15.9 Å². The van der Waals surface area contributed by atoms with Gasteiger partial charge >= 0.3 is 0 Å². The Labute approximate surface area is 139 Å². The van der Waals surface area contributed by atoms with Gasteiger partial charge in [-0.05, 0) is 54.6 Å². The van der Waals surface area contributed by atoms with Gasteiger partial charge in [-0.1, -0.05) is 33.6 Å². The molecule has 1 atom stereocenters. The third kappa shape index (κ3) is 5.41. The molecule has 3 nitrogen and oxygen atoms in total. The van der Waals surface area contributed by atoms with Crippen LogP contribution in [0.25, 0.3) is 0 Å². The van der Waals surface area contributed by atoms with E-state index in [1.807, 2.05) is 4.68 Å². The number of nitrogens with zero attached hydrogens (tertiary/aromatic N) is 2. The third-order valence-electron chi connectivity index (χ3n) is 4.22. The third-order valence-corrected chi connectivity index (χ3v) is 5.25. The number of hydrogen-bond donors (Lipinski definition) is 1. The number of rotatable bonds is 10. The van der Waals surface area contributed by atoms with Gasteiger partial charge < -0.3 is 5.32 Å². The van der Waals surface area contributed by atoms with E-state index in [1.165, 1.54) is 42.3 Å². The summed E-state index contributed by atoms with van der Waals surface area (Å²) in [7, 11) is 2.05. The van der Waals surface area contributed by atoms with Gasteiger partial charge in [0.1, 0.15) is 0 Å². The lowest BCUT2D eigenvalue weighted by Crippen LogP contribution is -2.39. The molecule has 122 valence electrons. The van der Waals surface area contributed by atoms with Crippen molar-refractivity contribution < 1.29 is 0 Å². The number of nitrogens with one attached hydrogen (secondary N) is 1. The first-order valence-corrected chi connectivity index (χ1v) is 9.25. The molecule has 0 saturated heterocycles. The normalized spacial score (nSPS) is 13.1. The molecular formula is C17H32BrN3. The van der Waals surface area contributed by atoms with Crippen LogP contribution in [-0.2, 0) is 13.5 Å². The van der Waals surface area contributed by atoms with Gasteiger partial charge in [-0.3, -0.25) is 4.68 Å². The monoisotopic (exact) mass is 357 g/mol. The van der Waals surface area contributed by atoms with Crippen LogP contribution in [0.2, 0.25) is 0 Å². The Morgan fingerprint density at radius 2 is 1.76 bits per heavy atom. The van der Waals surface area contributed by atoms with Crippen molar-refractivity contribution in [2.45, 2.75) is 72.3 Å². The summed E-state index contributed by atoms with van der Waals surface area (Å²) < 4.78 is 3.22. The Morgan fingerprint density at radius 1 is 1.14 bits per heavy atom. The van der Waals surface area contributed by atoms with Crippen LogP contribution in [0.3, 0.4) is 0 Å². The second-order valence-corrected chi connectivity index (χ2v) is 6.86. The highest BCUT2D eigenvalue weighted by Crippen LogP contribution is 2.26. The summed E-state index contributed by atoms with van der Waals surface area (Å²) in [5.41, 5.74) is 2.41. The first-order valence-electron chi connectivity index (χ1n) is 8.46. The average Bonchev–Trinajstić information content (AvgIpc) is 2.69. The molecule has 1 rings (SSSR count). The number of halogens is 1. The average molecular weight is 358 g/mol. The largest absolute Gasteiger partial charge is 0.313 e. The zero-order valence-corrected chi connectivity index (χ0v) is 16.0. The fourth-order valence-electron chi connectivity index (χ4n) is 3.13. The summed E-state index contributed by atoms with van der Waals surface area (Å²) in [6, 6.07) is 0.552. The molecule has 21 heavy (non-hydrogen) atoms. The van der Waals surface area contributed by atoms with E-state index in [-0.39, 0.29) is 0 Å². The number of hydrogen-bond acceptors (Lipinski definition) is 2. The number of aryl methyl sites for hydroxylation is 2. The summed E-state index contributed by atoms with van der Waals surface area (Å²) in [5, 5.41) is 8.33. The molecule has 0 aliphatic carbocycles. The molecule has 0 aromatic carbocycles. The van der Waals surface area contributed by atoms with Gasteiger partial charge in [0.05, 0.1) is 15.9 Å². The van der Waals surface area contributed by atoms with Crippen LogP contribution < -0.4 is 5.32 Å². The molecule has 0 spiro atoms. The van der Waals surface area contributed by atoms with Crippen LogP contribution in [0.1, 0.15) is 64.3 Å². The van der Waals surface area contributed by atoms with Gasteiger partial charge in [-0.2, -0.15) is 5.10 Å². The first kappa shape index (κ1) is 18.7. The zero-order chi connectivity index (χ0) is 15.8. The topological polar surface area (TPSA) is 29.9 Å². The van der Waals surface area contributed by atoms with Crippen molar-refractivity contribution in [1.82, 2.24) is 15.1 Å². The van der Waals surface area contributed by atoms with E-state index in [2.05, 4.69) is 61.1 Å². The van der Waals surface area contributed by atoms with Gasteiger partial charge in [0.25, 0.3) is 0 Å². The molecule has 0 amide bonds. The van der Waals surface area contributed by atoms with Crippen LogP contribution in [0.5, 0.6) is 0 Å². The first-order chi connectivity index (χ1) is 10.0. The maximum absolute atomic E-state index is 4.54. The maximum atomic E-state index is 4.54. The molecule has 1 aromatic rings. The lowest BCUT2D eigenvalue weighted by atomic mass is 9.87. The smallest absolute Gasteiger partial charge is 0.0738 e. The predicted molar refractivity (Wildman–Crippen MR) is 94.7 cm³/mol. The van der Waals surface area contributed by atoms with E-state index in [1.54, 1.807) is 0 Å². The lowest BCUT2D eigenvalue weighted by Gasteiger charge is -2.28. The van der Waals surface area contributed by atoms with Crippen molar-refractivity contribution in [1.29, 1.82) is 0 Å². The van der Waals surface area contributed by atoms with E-state index in [9.17, 15) is 0 Å². The van der Waals surface area contributed by atoms with Crippen LogP contribution in [0.15, 0.2) is 4.47 Å². The Bertz CT molecular complexity index is 408. The molecule has 1 heterocycles. The molecule has 0 saturated carbocycles. The van der Waals surface area contributed by atoms with Gasteiger partial charge in [0.15, 0.2) is 0 Å². The molecule has 0 fully saturated rings. The Balaban J connectivity index is 2.89. The Hall–Kier alpha value is -0.350. The molecular weight excluding hydrogens is 326 g/mol. The van der Waals surface area contributed by atoms with Gasteiger partial charge in [0.2, 0.25) is 0 Å². The molecule has 1 N–H and O–H groups in total. The fourth-order valence-corrected chi connectivity index (χ4v) is 3.63. The molecule has 4 heteroatoms. The van der Waals surface area contributed by atoms with Gasteiger partial charge in [-0.25, -0.2) is 0 Å². The molecule has 0 aliphatic rings. The summed E-state index contributed by atoms with van der Waals surface area (Å²) in [4.78, 5) is 0. The highest BCUT2D eigenvalue weighted by molar-refractivity contribution is 9.10. The molecule has 0 radical (unpaired) electrons. The van der Waals surface area contributed by atoms with Crippen LogP contribution in [0, 0.1) is 12.8 Å². The van der Waals surface area contributed by atoms with Crippen molar-refractivity contribution >= 4 is 15.9 Å². The summed E-state index contributed by atoms with van der Waals surface area (Å²) in [5.74, 6) is 0.758. The molecule has 0 bridgehead atoms. The highest BCUT2D eigenvalue weighted by Gasteiger charge is 2.23. The van der Waals surface area contributed by atoms with Crippen LogP contribution in [-0.4, -0.2) is 22.4 Å². The maximum Gasteiger partial charge on any atom is 0.0738 e. The predicted octanol–water partition coefficient (Wildman–Crippen LogP) is 4.62. The Morgan fingerprint density at radius 3 is 2.19 bits per heavy atom. The minimum absolute atomic E-state index is 0.552. The summed E-state index contributed by atoms with van der Waals surface area (Å²) in [6.45, 7) is 10.00. The van der Waals surface area contributed by atoms with Crippen molar-refractivity contribution in [3.8, 4) is 0 Å². The van der Waals surface area contributed by atoms with Gasteiger partial charge in [0, 0.05) is 19.5 Å². The summed E-state index contributed by atoms with van der Waals surface area (Å²) in [6.07, 6.45) is 7.39. The number of aromatic nitrogens is 2. The second-order valence-electron chi connectivity index (χ2n) is 6.07. The standard InChI is InChI=1S/C17H32BrN3/c1-6-9-14(10-7-2)15(19-11-8-3)12-16-17(18)13(4)20-21(16)5/h14-15,19H,6-12H2,1-5H3. The van der Waals surface area contributed by atoms with Crippen LogP contribution >= 0.6 is 15.9 Å². The quantitative estimate of drug-likeness (QED) is 0.661. The second kappa shape index (κ2) is 9.62. The van der Waals surface area contributed by atoms with E-state index >= 15 is 0 Å². The van der Waals surface area contributed by atoms with E-state index < -0.39 is 0 Å². The minimum Gasteiger partial charge on any atom is -0.313 e. The van der Waals surface area contributed by atoms with E-state index in [0.29, 0.717) is 6.04 Å². The lowest BCUT2D eigenvalue weighted by molar-refractivity contribution is 0.304. The van der Waals surface area contributed by atoms with Crippen molar-refractivity contribution in [2.75, 3.05) is 6.54 Å². The molecule has 0 aliphatic heterocycles. The highest BCUT2D eigenvalue weighted by atomic mass is 79.9. The van der Waals surface area contributed by atoms with E-state index in [4.69, 9.17) is 0 Å². The minimum atomic E-state index is 0.552. The van der Waals surface area contributed by atoms with Crippen LogP contribution in [0.4, 0.5) is 0 Å². The van der Waals surface area contributed by atoms with Crippen molar-refractivity contribution in [2.24, 2.45) is 13.0 Å². The zero-order valence-electron chi connectivity index (χ0n) is 14.4. The Kier molecular flexibility index (Phi) is 8.57. The van der Waals surface area contributed by atoms with Crippen molar-refractivity contribution in [3.63, 3.8) is 0 Å². The van der Waals surface area contributed by atoms with Gasteiger partial charge in [-0.15, -0.1) is 0 Å². The molecule has 1 aromatic heterocycles. The SMILES string of the molecule is CCCNC(Cc1c(Br)c(C)nn1C)C(CCC)CCC.